The lowest BCUT2D eigenvalue weighted by Crippen LogP contribution is -2.32. The van der Waals surface area contributed by atoms with Gasteiger partial charge in [0.2, 0.25) is 17.7 Å². The highest BCUT2D eigenvalue weighted by atomic mass is 16.2. The van der Waals surface area contributed by atoms with Crippen LogP contribution >= 0.6 is 0 Å². The first-order valence-electron chi connectivity index (χ1n) is 12.7. The summed E-state index contributed by atoms with van der Waals surface area (Å²) < 4.78 is 0. The Morgan fingerprint density at radius 3 is 1.66 bits per heavy atom. The molecule has 2 saturated heterocycles. The van der Waals surface area contributed by atoms with Gasteiger partial charge < -0.3 is 4.90 Å². The molecule has 2 aromatic carbocycles. The van der Waals surface area contributed by atoms with E-state index in [1.165, 1.54) is 4.90 Å². The third kappa shape index (κ3) is 3.65. The molecule has 5 nitrogen and oxygen atoms in total. The summed E-state index contributed by atoms with van der Waals surface area (Å²) >= 11 is 0. The van der Waals surface area contributed by atoms with Crippen LogP contribution in [0.2, 0.25) is 0 Å². The van der Waals surface area contributed by atoms with Crippen LogP contribution in [0.25, 0.3) is 0 Å². The molecule has 2 aliphatic heterocycles. The van der Waals surface area contributed by atoms with Crippen LogP contribution < -0.4 is 9.80 Å². The predicted molar refractivity (Wildman–Crippen MR) is 136 cm³/mol. The largest absolute Gasteiger partial charge is 0.309 e. The van der Waals surface area contributed by atoms with E-state index in [2.05, 4.69) is 43.3 Å². The Labute approximate surface area is 206 Å². The van der Waals surface area contributed by atoms with Crippen LogP contribution in [0.5, 0.6) is 0 Å². The third-order valence-corrected chi connectivity index (χ3v) is 8.39. The Morgan fingerprint density at radius 1 is 0.629 bits per heavy atom. The van der Waals surface area contributed by atoms with Crippen molar-refractivity contribution in [3.05, 3.63) is 84.0 Å². The normalized spacial score (nSPS) is 29.6. The van der Waals surface area contributed by atoms with E-state index in [0.29, 0.717) is 24.4 Å². The summed E-state index contributed by atoms with van der Waals surface area (Å²) in [5.41, 5.74) is 3.90. The number of imide groups is 1. The number of hydrogen-bond acceptors (Lipinski definition) is 3. The van der Waals surface area contributed by atoms with Crippen molar-refractivity contribution >= 4 is 29.1 Å². The van der Waals surface area contributed by atoms with Crippen LogP contribution in [0.1, 0.15) is 43.7 Å². The summed E-state index contributed by atoms with van der Waals surface area (Å²) in [7, 11) is 0. The molecular formula is C30H30N2O3. The average molecular weight is 467 g/mol. The molecule has 2 heterocycles. The number of fused-ring (bicyclic) bond motifs is 2. The molecule has 3 amide bonds. The molecule has 0 N–H and O–H groups in total. The van der Waals surface area contributed by atoms with Crippen LogP contribution in [0.4, 0.5) is 11.4 Å². The number of hydrogen-bond donors (Lipinski definition) is 0. The number of nitrogens with zero attached hydrogens (tertiary/aromatic N) is 2. The SMILES string of the molecule is CC1C2CC=CCC2C(=O)N1c1ccc(Cc2ccc(N3C(=O)C4CC=CCC4C3=O)cc2)cc1. The van der Waals surface area contributed by atoms with E-state index in [0.717, 1.165) is 36.1 Å². The Morgan fingerprint density at radius 2 is 1.11 bits per heavy atom. The number of benzene rings is 2. The van der Waals surface area contributed by atoms with E-state index in [1.54, 1.807) is 0 Å². The van der Waals surface area contributed by atoms with E-state index in [1.807, 2.05) is 41.3 Å². The van der Waals surface area contributed by atoms with Gasteiger partial charge in [-0.15, -0.1) is 0 Å². The van der Waals surface area contributed by atoms with Crippen LogP contribution in [0, 0.1) is 23.7 Å². The minimum absolute atomic E-state index is 0.0750. The van der Waals surface area contributed by atoms with Gasteiger partial charge in [0.15, 0.2) is 0 Å². The average Bonchev–Trinajstić information content (AvgIpc) is 3.30. The van der Waals surface area contributed by atoms with Crippen LogP contribution in [-0.2, 0) is 20.8 Å². The van der Waals surface area contributed by atoms with E-state index in [-0.39, 0.29) is 41.5 Å². The van der Waals surface area contributed by atoms with E-state index >= 15 is 0 Å². The van der Waals surface area contributed by atoms with Gasteiger partial charge in [-0.1, -0.05) is 48.6 Å². The second kappa shape index (κ2) is 8.63. The molecule has 0 saturated carbocycles. The Kier molecular flexibility index (Phi) is 5.43. The molecule has 4 aliphatic rings. The van der Waals surface area contributed by atoms with Gasteiger partial charge in [-0.3, -0.25) is 19.3 Å². The van der Waals surface area contributed by atoms with E-state index in [4.69, 9.17) is 0 Å². The van der Waals surface area contributed by atoms with Gasteiger partial charge in [-0.25, -0.2) is 0 Å². The molecule has 2 fully saturated rings. The highest BCUT2D eigenvalue weighted by molar-refractivity contribution is 6.22. The topological polar surface area (TPSA) is 57.7 Å². The molecule has 5 heteroatoms. The first-order valence-corrected chi connectivity index (χ1v) is 12.7. The van der Waals surface area contributed by atoms with Gasteiger partial charge in [0, 0.05) is 17.6 Å². The number of anilines is 2. The van der Waals surface area contributed by atoms with Crippen LogP contribution in [0.3, 0.4) is 0 Å². The molecule has 178 valence electrons. The van der Waals surface area contributed by atoms with Gasteiger partial charge >= 0.3 is 0 Å². The smallest absolute Gasteiger partial charge is 0.238 e. The summed E-state index contributed by atoms with van der Waals surface area (Å²) in [5.74, 6) is 0.190. The lowest BCUT2D eigenvalue weighted by Gasteiger charge is -2.25. The van der Waals surface area contributed by atoms with E-state index in [9.17, 15) is 14.4 Å². The number of rotatable bonds is 4. The highest BCUT2D eigenvalue weighted by Gasteiger charge is 2.48. The first kappa shape index (κ1) is 22.0. The number of carbonyl (C=O) groups excluding carboxylic acids is 3. The molecule has 0 spiro atoms. The second-order valence-electron chi connectivity index (χ2n) is 10.3. The summed E-state index contributed by atoms with van der Waals surface area (Å²) in [6.07, 6.45) is 12.3. The molecule has 5 unspecified atom stereocenters. The molecular weight excluding hydrogens is 436 g/mol. The van der Waals surface area contributed by atoms with Gasteiger partial charge in [-0.05, 0) is 80.3 Å². The summed E-state index contributed by atoms with van der Waals surface area (Å²) in [6.45, 7) is 2.17. The number of allylic oxidation sites excluding steroid dienone is 4. The van der Waals surface area contributed by atoms with Crippen molar-refractivity contribution in [2.75, 3.05) is 9.80 Å². The van der Waals surface area contributed by atoms with Crippen molar-refractivity contribution in [2.45, 2.75) is 45.1 Å². The summed E-state index contributed by atoms with van der Waals surface area (Å²) in [5, 5.41) is 0. The lowest BCUT2D eigenvalue weighted by atomic mass is 9.82. The molecule has 2 aromatic rings. The maximum Gasteiger partial charge on any atom is 0.238 e. The van der Waals surface area contributed by atoms with Gasteiger partial charge in [0.1, 0.15) is 0 Å². The molecule has 5 atom stereocenters. The maximum absolute atomic E-state index is 13.0. The zero-order valence-electron chi connectivity index (χ0n) is 20.0. The predicted octanol–water partition coefficient (Wildman–Crippen LogP) is 5.05. The van der Waals surface area contributed by atoms with Crippen molar-refractivity contribution in [1.29, 1.82) is 0 Å². The highest BCUT2D eigenvalue weighted by Crippen LogP contribution is 2.41. The zero-order chi connectivity index (χ0) is 24.1. The Bertz CT molecular complexity index is 1200. The summed E-state index contributed by atoms with van der Waals surface area (Å²) in [6, 6.07) is 16.3. The van der Waals surface area contributed by atoms with Crippen LogP contribution in [-0.4, -0.2) is 23.8 Å². The number of carbonyl (C=O) groups is 3. The lowest BCUT2D eigenvalue weighted by molar-refractivity contribution is -0.123. The molecule has 6 rings (SSSR count). The van der Waals surface area contributed by atoms with Crippen molar-refractivity contribution in [2.24, 2.45) is 23.7 Å². The fraction of sp³-hybridized carbons (Fsp3) is 0.367. The fourth-order valence-corrected chi connectivity index (χ4v) is 6.41. The zero-order valence-corrected chi connectivity index (χ0v) is 20.0. The molecule has 0 bridgehead atoms. The van der Waals surface area contributed by atoms with Crippen LogP contribution in [0.15, 0.2) is 72.8 Å². The van der Waals surface area contributed by atoms with Gasteiger partial charge in [-0.2, -0.15) is 0 Å². The summed E-state index contributed by atoms with van der Waals surface area (Å²) in [4.78, 5) is 42.1. The molecule has 0 aromatic heterocycles. The molecule has 35 heavy (non-hydrogen) atoms. The van der Waals surface area contributed by atoms with Crippen molar-refractivity contribution in [1.82, 2.24) is 0 Å². The quantitative estimate of drug-likeness (QED) is 0.468. The molecule has 2 aliphatic carbocycles. The molecule has 0 radical (unpaired) electrons. The van der Waals surface area contributed by atoms with Crippen molar-refractivity contribution < 1.29 is 14.4 Å². The van der Waals surface area contributed by atoms with Gasteiger partial charge in [0.05, 0.1) is 17.5 Å². The maximum atomic E-state index is 13.0. The second-order valence-corrected chi connectivity index (χ2v) is 10.3. The van der Waals surface area contributed by atoms with Crippen molar-refractivity contribution in [3.8, 4) is 0 Å². The number of amides is 3. The standard InChI is InChI=1S/C30H30N2O3/c1-19-24-6-2-3-7-25(24)28(33)31(19)22-14-10-20(11-15-22)18-21-12-16-23(17-13-21)32-29(34)26-8-4-5-9-27(26)30(32)35/h2-5,10-17,19,24-27H,6-9,18H2,1H3. The first-order chi connectivity index (χ1) is 17.0. The van der Waals surface area contributed by atoms with Gasteiger partial charge in [0.25, 0.3) is 0 Å². The minimum Gasteiger partial charge on any atom is -0.309 e. The third-order valence-electron chi connectivity index (χ3n) is 8.39. The van der Waals surface area contributed by atoms with Crippen molar-refractivity contribution in [3.63, 3.8) is 0 Å². The Balaban J connectivity index is 1.14. The Hall–Kier alpha value is -3.47. The van der Waals surface area contributed by atoms with E-state index < -0.39 is 0 Å². The minimum atomic E-state index is -0.212. The monoisotopic (exact) mass is 466 g/mol. The fourth-order valence-electron chi connectivity index (χ4n) is 6.41.